The minimum atomic E-state index is 0.483. The number of nitrogens with zero attached hydrogens (tertiary/aromatic N) is 2. The van der Waals surface area contributed by atoms with Gasteiger partial charge in [0.05, 0.1) is 18.1 Å². The zero-order chi connectivity index (χ0) is 14.3. The SMILES string of the molecule is COc1ccc2nc(N)n(-c3ccc(C)c(C)c3)c2c1. The van der Waals surface area contributed by atoms with Crippen molar-refractivity contribution in [2.75, 3.05) is 12.8 Å². The third kappa shape index (κ3) is 1.90. The van der Waals surface area contributed by atoms with E-state index < -0.39 is 0 Å². The predicted molar refractivity (Wildman–Crippen MR) is 81.5 cm³/mol. The molecule has 2 N–H and O–H groups in total. The molecule has 1 aromatic heterocycles. The van der Waals surface area contributed by atoms with Crippen LogP contribution in [0.2, 0.25) is 0 Å². The van der Waals surface area contributed by atoms with E-state index in [9.17, 15) is 0 Å². The zero-order valence-corrected chi connectivity index (χ0v) is 11.8. The van der Waals surface area contributed by atoms with Gasteiger partial charge in [-0.3, -0.25) is 4.57 Å². The molecule has 0 unspecified atom stereocenters. The van der Waals surface area contributed by atoms with E-state index in [1.54, 1.807) is 7.11 Å². The van der Waals surface area contributed by atoms with Gasteiger partial charge in [0.2, 0.25) is 5.95 Å². The normalized spacial score (nSPS) is 10.9. The minimum Gasteiger partial charge on any atom is -0.497 e. The van der Waals surface area contributed by atoms with Crippen LogP contribution in [0, 0.1) is 13.8 Å². The Balaban J connectivity index is 2.28. The summed E-state index contributed by atoms with van der Waals surface area (Å²) in [5, 5.41) is 0. The van der Waals surface area contributed by atoms with Crippen molar-refractivity contribution >= 4 is 17.0 Å². The van der Waals surface area contributed by atoms with E-state index in [1.807, 2.05) is 22.8 Å². The van der Waals surface area contributed by atoms with Crippen molar-refractivity contribution in [1.29, 1.82) is 0 Å². The number of nitrogens with two attached hydrogens (primary N) is 1. The molecule has 0 aliphatic rings. The average Bonchev–Trinajstić information content (AvgIpc) is 2.77. The lowest BCUT2D eigenvalue weighted by molar-refractivity contribution is 0.415. The van der Waals surface area contributed by atoms with Gasteiger partial charge < -0.3 is 10.5 Å². The van der Waals surface area contributed by atoms with Crippen molar-refractivity contribution in [2.45, 2.75) is 13.8 Å². The maximum Gasteiger partial charge on any atom is 0.205 e. The first kappa shape index (κ1) is 12.5. The Morgan fingerprint density at radius 2 is 1.85 bits per heavy atom. The number of ether oxygens (including phenoxy) is 1. The lowest BCUT2D eigenvalue weighted by Gasteiger charge is -2.09. The van der Waals surface area contributed by atoms with Crippen LogP contribution in [0.25, 0.3) is 16.7 Å². The number of fused-ring (bicyclic) bond motifs is 1. The third-order valence-corrected chi connectivity index (χ3v) is 3.64. The van der Waals surface area contributed by atoms with Crippen molar-refractivity contribution in [3.63, 3.8) is 0 Å². The fourth-order valence-corrected chi connectivity index (χ4v) is 2.34. The maximum absolute atomic E-state index is 6.08. The molecule has 3 aromatic rings. The van der Waals surface area contributed by atoms with Crippen molar-refractivity contribution in [3.05, 3.63) is 47.5 Å². The van der Waals surface area contributed by atoms with Gasteiger partial charge in [0, 0.05) is 11.8 Å². The highest BCUT2D eigenvalue weighted by atomic mass is 16.5. The zero-order valence-electron chi connectivity index (χ0n) is 11.8. The molecule has 0 atom stereocenters. The number of anilines is 1. The second-order valence-corrected chi connectivity index (χ2v) is 4.93. The molecule has 102 valence electrons. The summed E-state index contributed by atoms with van der Waals surface area (Å²) in [4.78, 5) is 4.40. The van der Waals surface area contributed by atoms with Crippen LogP contribution < -0.4 is 10.5 Å². The van der Waals surface area contributed by atoms with Crippen LogP contribution in [0.15, 0.2) is 36.4 Å². The van der Waals surface area contributed by atoms with Crippen molar-refractivity contribution in [2.24, 2.45) is 0 Å². The van der Waals surface area contributed by atoms with Crippen LogP contribution >= 0.6 is 0 Å². The number of hydrogen-bond donors (Lipinski definition) is 1. The Morgan fingerprint density at radius 3 is 2.55 bits per heavy atom. The molecule has 0 fully saturated rings. The van der Waals surface area contributed by atoms with Crippen molar-refractivity contribution < 1.29 is 4.74 Å². The molecule has 0 aliphatic heterocycles. The minimum absolute atomic E-state index is 0.483. The Labute approximate surface area is 117 Å². The van der Waals surface area contributed by atoms with Gasteiger partial charge in [0.25, 0.3) is 0 Å². The molecule has 0 amide bonds. The first-order chi connectivity index (χ1) is 9.60. The summed E-state index contributed by atoms with van der Waals surface area (Å²) in [6.07, 6.45) is 0. The van der Waals surface area contributed by atoms with E-state index in [0.29, 0.717) is 5.95 Å². The highest BCUT2D eigenvalue weighted by molar-refractivity contribution is 5.82. The number of nitrogen functional groups attached to an aromatic ring is 1. The number of imidazole rings is 1. The van der Waals surface area contributed by atoms with Gasteiger partial charge in [0.15, 0.2) is 0 Å². The summed E-state index contributed by atoms with van der Waals surface area (Å²) in [6.45, 7) is 4.19. The first-order valence-corrected chi connectivity index (χ1v) is 6.50. The first-order valence-electron chi connectivity index (χ1n) is 6.50. The van der Waals surface area contributed by atoms with E-state index in [-0.39, 0.29) is 0 Å². The van der Waals surface area contributed by atoms with E-state index >= 15 is 0 Å². The van der Waals surface area contributed by atoms with Crippen LogP contribution in [0.3, 0.4) is 0 Å². The van der Waals surface area contributed by atoms with Gasteiger partial charge in [-0.05, 0) is 49.2 Å². The number of aromatic nitrogens is 2. The molecule has 0 spiro atoms. The molecule has 3 rings (SSSR count). The fraction of sp³-hybridized carbons (Fsp3) is 0.188. The molecule has 20 heavy (non-hydrogen) atoms. The van der Waals surface area contributed by atoms with E-state index in [2.05, 4.69) is 37.0 Å². The Hall–Kier alpha value is -2.49. The topological polar surface area (TPSA) is 53.1 Å². The molecule has 0 saturated carbocycles. The maximum atomic E-state index is 6.08. The second kappa shape index (κ2) is 4.56. The number of benzene rings is 2. The molecule has 1 heterocycles. The summed E-state index contributed by atoms with van der Waals surface area (Å²) in [5.74, 6) is 1.28. The van der Waals surface area contributed by atoms with Gasteiger partial charge in [-0.25, -0.2) is 4.98 Å². The van der Waals surface area contributed by atoms with Crippen LogP contribution in [-0.4, -0.2) is 16.7 Å². The summed E-state index contributed by atoms with van der Waals surface area (Å²) in [6, 6.07) is 12.0. The Morgan fingerprint density at radius 1 is 1.05 bits per heavy atom. The molecular formula is C16H17N3O. The monoisotopic (exact) mass is 267 g/mol. The van der Waals surface area contributed by atoms with Crippen LogP contribution in [-0.2, 0) is 0 Å². The van der Waals surface area contributed by atoms with Gasteiger partial charge in [-0.2, -0.15) is 0 Å². The standard InChI is InChI=1S/C16H17N3O/c1-10-4-5-12(8-11(10)2)19-15-9-13(20-3)6-7-14(15)18-16(19)17/h4-9H,1-3H3,(H2,17,18). The van der Waals surface area contributed by atoms with Crippen LogP contribution in [0.1, 0.15) is 11.1 Å². The molecule has 0 radical (unpaired) electrons. The van der Waals surface area contributed by atoms with Gasteiger partial charge >= 0.3 is 0 Å². The molecule has 4 nitrogen and oxygen atoms in total. The van der Waals surface area contributed by atoms with Crippen LogP contribution in [0.4, 0.5) is 5.95 Å². The highest BCUT2D eigenvalue weighted by Crippen LogP contribution is 2.27. The van der Waals surface area contributed by atoms with Gasteiger partial charge in [-0.15, -0.1) is 0 Å². The molecule has 2 aromatic carbocycles. The Kier molecular flexibility index (Phi) is 2.86. The Bertz CT molecular complexity index is 790. The van der Waals surface area contributed by atoms with Gasteiger partial charge in [0.1, 0.15) is 5.75 Å². The molecule has 0 bridgehead atoms. The quantitative estimate of drug-likeness (QED) is 0.775. The molecular weight excluding hydrogens is 250 g/mol. The summed E-state index contributed by atoms with van der Waals surface area (Å²) in [7, 11) is 1.65. The number of methoxy groups -OCH3 is 1. The number of rotatable bonds is 2. The van der Waals surface area contributed by atoms with Crippen LogP contribution in [0.5, 0.6) is 5.75 Å². The van der Waals surface area contributed by atoms with E-state index in [0.717, 1.165) is 22.5 Å². The lowest BCUT2D eigenvalue weighted by atomic mass is 10.1. The fourth-order valence-electron chi connectivity index (χ4n) is 2.34. The smallest absolute Gasteiger partial charge is 0.205 e. The van der Waals surface area contributed by atoms with Crippen molar-refractivity contribution in [1.82, 2.24) is 9.55 Å². The second-order valence-electron chi connectivity index (χ2n) is 4.93. The van der Waals surface area contributed by atoms with E-state index in [1.165, 1.54) is 11.1 Å². The average molecular weight is 267 g/mol. The molecule has 0 aliphatic carbocycles. The van der Waals surface area contributed by atoms with Gasteiger partial charge in [-0.1, -0.05) is 6.07 Å². The largest absolute Gasteiger partial charge is 0.497 e. The third-order valence-electron chi connectivity index (χ3n) is 3.64. The van der Waals surface area contributed by atoms with E-state index in [4.69, 9.17) is 10.5 Å². The molecule has 0 saturated heterocycles. The number of aryl methyl sites for hydroxylation is 2. The predicted octanol–water partition coefficient (Wildman–Crippen LogP) is 3.23. The summed E-state index contributed by atoms with van der Waals surface area (Å²) < 4.78 is 7.23. The summed E-state index contributed by atoms with van der Waals surface area (Å²) in [5.41, 5.74) is 11.4. The summed E-state index contributed by atoms with van der Waals surface area (Å²) >= 11 is 0. The molecule has 4 heteroatoms. The lowest BCUT2D eigenvalue weighted by Crippen LogP contribution is -2.01. The number of hydrogen-bond acceptors (Lipinski definition) is 3. The highest BCUT2D eigenvalue weighted by Gasteiger charge is 2.11. The van der Waals surface area contributed by atoms with Crippen molar-refractivity contribution in [3.8, 4) is 11.4 Å².